The van der Waals surface area contributed by atoms with E-state index in [4.69, 9.17) is 5.73 Å². The van der Waals surface area contributed by atoms with Gasteiger partial charge in [0.1, 0.15) is 5.82 Å². The summed E-state index contributed by atoms with van der Waals surface area (Å²) >= 11 is 0. The Hall–Kier alpha value is -0.930. The molecule has 1 unspecified atom stereocenters. The molecule has 0 amide bonds. The van der Waals surface area contributed by atoms with Gasteiger partial charge < -0.3 is 5.73 Å². The van der Waals surface area contributed by atoms with Crippen molar-refractivity contribution in [3.8, 4) is 0 Å². The summed E-state index contributed by atoms with van der Waals surface area (Å²) in [5.41, 5.74) is 7.32. The number of nitrogens with two attached hydrogens (primary N) is 1. The van der Waals surface area contributed by atoms with Gasteiger partial charge in [0.25, 0.3) is 0 Å². The highest BCUT2D eigenvalue weighted by Gasteiger charge is 2.22. The Balaban J connectivity index is 2.08. The monoisotopic (exact) mass is 236 g/mol. The molecule has 2 N–H and O–H groups in total. The lowest BCUT2D eigenvalue weighted by Gasteiger charge is -2.23. The van der Waals surface area contributed by atoms with Crippen LogP contribution in [0.1, 0.15) is 37.3 Å². The maximum absolute atomic E-state index is 13.3. The number of rotatable bonds is 4. The van der Waals surface area contributed by atoms with E-state index in [9.17, 15) is 4.39 Å². The Morgan fingerprint density at radius 3 is 3.00 bits per heavy atom. The van der Waals surface area contributed by atoms with Gasteiger partial charge in [0.2, 0.25) is 0 Å². The van der Waals surface area contributed by atoms with Crippen LogP contribution < -0.4 is 5.73 Å². The number of likely N-dealkylation sites (tertiary alicyclic amines) is 1. The van der Waals surface area contributed by atoms with Gasteiger partial charge in [0.05, 0.1) is 0 Å². The number of hydrogen-bond donors (Lipinski definition) is 1. The van der Waals surface area contributed by atoms with Crippen molar-refractivity contribution in [2.24, 2.45) is 5.73 Å². The maximum Gasteiger partial charge on any atom is 0.127 e. The van der Waals surface area contributed by atoms with Gasteiger partial charge >= 0.3 is 0 Å². The summed E-state index contributed by atoms with van der Waals surface area (Å²) in [6, 6.07) is 6.01. The smallest absolute Gasteiger partial charge is 0.127 e. The van der Waals surface area contributed by atoms with E-state index in [0.29, 0.717) is 11.6 Å². The van der Waals surface area contributed by atoms with Crippen molar-refractivity contribution in [3.63, 3.8) is 0 Å². The highest BCUT2D eigenvalue weighted by Crippen LogP contribution is 2.22. The summed E-state index contributed by atoms with van der Waals surface area (Å²) < 4.78 is 13.3. The molecule has 1 saturated heterocycles. The SMILES string of the molecule is CCC1CCCN1Cc1ccc(F)c(CN)c1. The highest BCUT2D eigenvalue weighted by molar-refractivity contribution is 5.25. The molecule has 1 aromatic carbocycles. The molecule has 17 heavy (non-hydrogen) atoms. The summed E-state index contributed by atoms with van der Waals surface area (Å²) in [5, 5.41) is 0. The molecule has 2 nitrogen and oxygen atoms in total. The van der Waals surface area contributed by atoms with Gasteiger partial charge in [-0.25, -0.2) is 4.39 Å². The average molecular weight is 236 g/mol. The molecule has 0 spiro atoms. The minimum absolute atomic E-state index is 0.190. The molecule has 1 fully saturated rings. The van der Waals surface area contributed by atoms with E-state index in [0.717, 1.165) is 13.1 Å². The minimum Gasteiger partial charge on any atom is -0.326 e. The van der Waals surface area contributed by atoms with Crippen molar-refractivity contribution >= 4 is 0 Å². The fourth-order valence-electron chi connectivity index (χ4n) is 2.68. The first-order valence-electron chi connectivity index (χ1n) is 6.46. The van der Waals surface area contributed by atoms with Crippen molar-refractivity contribution in [2.45, 2.75) is 45.3 Å². The predicted molar refractivity (Wildman–Crippen MR) is 68.0 cm³/mol. The summed E-state index contributed by atoms with van der Waals surface area (Å²) in [4.78, 5) is 2.49. The Labute approximate surface area is 103 Å². The molecule has 94 valence electrons. The molecule has 0 radical (unpaired) electrons. The normalized spacial score (nSPS) is 21.0. The molecule has 1 atom stereocenters. The fraction of sp³-hybridized carbons (Fsp3) is 0.571. The molecule has 1 aliphatic heterocycles. The van der Waals surface area contributed by atoms with E-state index < -0.39 is 0 Å². The first kappa shape index (κ1) is 12.5. The van der Waals surface area contributed by atoms with Crippen LogP contribution in [-0.4, -0.2) is 17.5 Å². The van der Waals surface area contributed by atoms with Crippen LogP contribution in [0.4, 0.5) is 4.39 Å². The van der Waals surface area contributed by atoms with Gasteiger partial charge in [-0.05, 0) is 37.4 Å². The van der Waals surface area contributed by atoms with Crippen molar-refractivity contribution in [1.29, 1.82) is 0 Å². The predicted octanol–water partition coefficient (Wildman–Crippen LogP) is 2.66. The van der Waals surface area contributed by atoms with Gasteiger partial charge in [-0.1, -0.05) is 19.1 Å². The van der Waals surface area contributed by atoms with E-state index in [1.54, 1.807) is 0 Å². The first-order chi connectivity index (χ1) is 8.24. The van der Waals surface area contributed by atoms with Crippen LogP contribution in [-0.2, 0) is 13.1 Å². The van der Waals surface area contributed by atoms with Crippen LogP contribution in [0, 0.1) is 5.82 Å². The second kappa shape index (κ2) is 5.61. The Morgan fingerprint density at radius 2 is 2.29 bits per heavy atom. The summed E-state index contributed by atoms with van der Waals surface area (Å²) in [5.74, 6) is -0.190. The zero-order valence-electron chi connectivity index (χ0n) is 10.5. The summed E-state index contributed by atoms with van der Waals surface area (Å²) in [6.45, 7) is 4.59. The fourth-order valence-corrected chi connectivity index (χ4v) is 2.68. The van der Waals surface area contributed by atoms with E-state index >= 15 is 0 Å². The highest BCUT2D eigenvalue weighted by atomic mass is 19.1. The third-order valence-corrected chi connectivity index (χ3v) is 3.69. The molecule has 0 aliphatic carbocycles. The van der Waals surface area contributed by atoms with Crippen LogP contribution in [0.25, 0.3) is 0 Å². The zero-order chi connectivity index (χ0) is 12.3. The standard InChI is InChI=1S/C14H21FN2/c1-2-13-4-3-7-17(13)10-11-5-6-14(15)12(8-11)9-16/h5-6,8,13H,2-4,7,9-10,16H2,1H3. The van der Waals surface area contributed by atoms with Crippen LogP contribution in [0.3, 0.4) is 0 Å². The Morgan fingerprint density at radius 1 is 1.47 bits per heavy atom. The lowest BCUT2D eigenvalue weighted by atomic mass is 10.1. The van der Waals surface area contributed by atoms with Gasteiger partial charge in [0, 0.05) is 24.7 Å². The van der Waals surface area contributed by atoms with E-state index in [-0.39, 0.29) is 12.4 Å². The van der Waals surface area contributed by atoms with Crippen LogP contribution in [0.5, 0.6) is 0 Å². The molecule has 2 rings (SSSR count). The second-order valence-corrected chi connectivity index (χ2v) is 4.80. The van der Waals surface area contributed by atoms with Crippen molar-refractivity contribution < 1.29 is 4.39 Å². The Bertz CT molecular complexity index is 378. The molecule has 1 aliphatic rings. The molecule has 3 heteroatoms. The van der Waals surface area contributed by atoms with Crippen LogP contribution >= 0.6 is 0 Å². The molecule has 0 bridgehead atoms. The largest absolute Gasteiger partial charge is 0.326 e. The molecule has 1 aromatic rings. The van der Waals surface area contributed by atoms with Crippen molar-refractivity contribution in [3.05, 3.63) is 35.1 Å². The molecular weight excluding hydrogens is 215 g/mol. The second-order valence-electron chi connectivity index (χ2n) is 4.80. The number of benzene rings is 1. The minimum atomic E-state index is -0.190. The van der Waals surface area contributed by atoms with Gasteiger partial charge in [-0.3, -0.25) is 4.90 Å². The van der Waals surface area contributed by atoms with Gasteiger partial charge in [0.15, 0.2) is 0 Å². The number of nitrogens with zero attached hydrogens (tertiary/aromatic N) is 1. The molecule has 1 heterocycles. The van der Waals surface area contributed by atoms with Crippen LogP contribution in [0.2, 0.25) is 0 Å². The Kier molecular flexibility index (Phi) is 4.13. The molecule has 0 saturated carbocycles. The van der Waals surface area contributed by atoms with E-state index in [1.165, 1.54) is 30.9 Å². The lowest BCUT2D eigenvalue weighted by Crippen LogP contribution is -2.28. The lowest BCUT2D eigenvalue weighted by molar-refractivity contribution is 0.240. The maximum atomic E-state index is 13.3. The first-order valence-corrected chi connectivity index (χ1v) is 6.46. The average Bonchev–Trinajstić information content (AvgIpc) is 2.79. The van der Waals surface area contributed by atoms with Crippen molar-refractivity contribution in [1.82, 2.24) is 4.90 Å². The van der Waals surface area contributed by atoms with E-state index in [1.807, 2.05) is 12.1 Å². The molecule has 0 aromatic heterocycles. The summed E-state index contributed by atoms with van der Waals surface area (Å²) in [7, 11) is 0. The topological polar surface area (TPSA) is 29.3 Å². The van der Waals surface area contributed by atoms with Crippen molar-refractivity contribution in [2.75, 3.05) is 6.54 Å². The van der Waals surface area contributed by atoms with Gasteiger partial charge in [-0.15, -0.1) is 0 Å². The quantitative estimate of drug-likeness (QED) is 0.871. The third kappa shape index (κ3) is 2.85. The van der Waals surface area contributed by atoms with Crippen LogP contribution in [0.15, 0.2) is 18.2 Å². The zero-order valence-corrected chi connectivity index (χ0v) is 10.5. The summed E-state index contributed by atoms with van der Waals surface area (Å²) in [6.07, 6.45) is 3.77. The number of hydrogen-bond acceptors (Lipinski definition) is 2. The third-order valence-electron chi connectivity index (χ3n) is 3.69. The molecular formula is C14H21FN2. The van der Waals surface area contributed by atoms with Gasteiger partial charge in [-0.2, -0.15) is 0 Å². The number of halogens is 1. The van der Waals surface area contributed by atoms with E-state index in [2.05, 4.69) is 11.8 Å².